The SMILES string of the molecule is COC(=O)CN(C(=O)[C@H](CC(=O)O)NC(N)=O)c1ccccc1. The number of aliphatic carboxylic acids is 1. The number of rotatable bonds is 7. The van der Waals surface area contributed by atoms with Crippen LogP contribution in [0.1, 0.15) is 6.42 Å². The second-order valence-corrected chi connectivity index (χ2v) is 4.50. The molecule has 1 rings (SSSR count). The molecule has 0 aliphatic heterocycles. The maximum Gasteiger partial charge on any atom is 0.325 e. The summed E-state index contributed by atoms with van der Waals surface area (Å²) in [5.74, 6) is -2.79. The molecule has 0 aliphatic carbocycles. The number of carboxylic acid groups (broad SMARTS) is 1. The van der Waals surface area contributed by atoms with Gasteiger partial charge in [0.1, 0.15) is 12.6 Å². The summed E-state index contributed by atoms with van der Waals surface area (Å²) in [4.78, 5) is 47.0. The molecular weight excluding hydrogens is 306 g/mol. The van der Waals surface area contributed by atoms with Crippen LogP contribution in [0.25, 0.3) is 0 Å². The minimum absolute atomic E-state index is 0.351. The van der Waals surface area contributed by atoms with Gasteiger partial charge in [-0.05, 0) is 12.1 Å². The minimum atomic E-state index is -1.41. The first kappa shape index (κ1) is 18.0. The van der Waals surface area contributed by atoms with Crippen molar-refractivity contribution < 1.29 is 29.0 Å². The van der Waals surface area contributed by atoms with Crippen molar-refractivity contribution in [3.8, 4) is 0 Å². The van der Waals surface area contributed by atoms with Gasteiger partial charge in [-0.15, -0.1) is 0 Å². The molecule has 9 heteroatoms. The van der Waals surface area contributed by atoms with Crippen molar-refractivity contribution in [2.24, 2.45) is 5.73 Å². The van der Waals surface area contributed by atoms with Crippen LogP contribution in [0.3, 0.4) is 0 Å². The number of hydrogen-bond acceptors (Lipinski definition) is 5. The Bertz CT molecular complexity index is 573. The molecule has 0 spiro atoms. The van der Waals surface area contributed by atoms with E-state index in [4.69, 9.17) is 10.8 Å². The predicted octanol–water partition coefficient (Wildman–Crippen LogP) is -0.296. The zero-order chi connectivity index (χ0) is 17.4. The number of benzene rings is 1. The molecular formula is C14H17N3O6. The Morgan fingerprint density at radius 2 is 1.87 bits per heavy atom. The summed E-state index contributed by atoms with van der Waals surface area (Å²) in [6.07, 6.45) is -0.674. The van der Waals surface area contributed by atoms with Crippen molar-refractivity contribution >= 4 is 29.6 Å². The molecule has 1 aromatic carbocycles. The van der Waals surface area contributed by atoms with Gasteiger partial charge >= 0.3 is 18.0 Å². The fourth-order valence-electron chi connectivity index (χ4n) is 1.83. The number of esters is 1. The van der Waals surface area contributed by atoms with Crippen LogP contribution in [0.2, 0.25) is 0 Å². The lowest BCUT2D eigenvalue weighted by molar-refractivity contribution is -0.140. The van der Waals surface area contributed by atoms with E-state index in [0.29, 0.717) is 5.69 Å². The molecule has 0 bridgehead atoms. The summed E-state index contributed by atoms with van der Waals surface area (Å²) >= 11 is 0. The third-order valence-corrected chi connectivity index (χ3v) is 2.84. The highest BCUT2D eigenvalue weighted by Gasteiger charge is 2.30. The van der Waals surface area contributed by atoms with Crippen molar-refractivity contribution in [2.75, 3.05) is 18.6 Å². The monoisotopic (exact) mass is 323 g/mol. The Balaban J connectivity index is 3.10. The van der Waals surface area contributed by atoms with Gasteiger partial charge in [0, 0.05) is 5.69 Å². The smallest absolute Gasteiger partial charge is 0.325 e. The first-order valence-corrected chi connectivity index (χ1v) is 6.56. The zero-order valence-electron chi connectivity index (χ0n) is 12.4. The fourth-order valence-corrected chi connectivity index (χ4v) is 1.83. The van der Waals surface area contributed by atoms with Crippen LogP contribution in [-0.4, -0.2) is 48.7 Å². The van der Waals surface area contributed by atoms with Crippen LogP contribution in [0.15, 0.2) is 30.3 Å². The summed E-state index contributed by atoms with van der Waals surface area (Å²) in [5.41, 5.74) is 5.32. The predicted molar refractivity (Wildman–Crippen MR) is 79.6 cm³/mol. The summed E-state index contributed by atoms with van der Waals surface area (Å²) in [6, 6.07) is 5.65. The summed E-state index contributed by atoms with van der Waals surface area (Å²) in [6.45, 7) is -0.435. The highest BCUT2D eigenvalue weighted by Crippen LogP contribution is 2.15. The number of primary amides is 1. The highest BCUT2D eigenvalue weighted by molar-refractivity contribution is 6.03. The van der Waals surface area contributed by atoms with Crippen LogP contribution in [0.5, 0.6) is 0 Å². The molecule has 0 unspecified atom stereocenters. The molecule has 0 aliphatic rings. The molecule has 0 saturated heterocycles. The average Bonchev–Trinajstić information content (AvgIpc) is 2.51. The van der Waals surface area contributed by atoms with Crippen LogP contribution >= 0.6 is 0 Å². The van der Waals surface area contributed by atoms with E-state index in [1.54, 1.807) is 30.3 Å². The van der Waals surface area contributed by atoms with E-state index in [9.17, 15) is 19.2 Å². The first-order valence-electron chi connectivity index (χ1n) is 6.56. The summed E-state index contributed by atoms with van der Waals surface area (Å²) < 4.78 is 4.53. The molecule has 23 heavy (non-hydrogen) atoms. The number of carbonyl (C=O) groups excluding carboxylic acids is 3. The van der Waals surface area contributed by atoms with Crippen LogP contribution in [-0.2, 0) is 19.1 Å². The van der Waals surface area contributed by atoms with Crippen LogP contribution in [0.4, 0.5) is 10.5 Å². The molecule has 4 N–H and O–H groups in total. The van der Waals surface area contributed by atoms with E-state index < -0.39 is 42.9 Å². The van der Waals surface area contributed by atoms with Gasteiger partial charge in [0.05, 0.1) is 13.5 Å². The Labute approximate surface area is 132 Å². The topological polar surface area (TPSA) is 139 Å². The van der Waals surface area contributed by atoms with Gasteiger partial charge in [-0.25, -0.2) is 4.79 Å². The van der Waals surface area contributed by atoms with E-state index >= 15 is 0 Å². The molecule has 0 heterocycles. The lowest BCUT2D eigenvalue weighted by atomic mass is 10.1. The Morgan fingerprint density at radius 1 is 1.26 bits per heavy atom. The highest BCUT2D eigenvalue weighted by atomic mass is 16.5. The molecule has 3 amide bonds. The Hall–Kier alpha value is -3.10. The molecule has 0 saturated carbocycles. The fraction of sp³-hybridized carbons (Fsp3) is 0.286. The number of ether oxygens (including phenoxy) is 1. The van der Waals surface area contributed by atoms with Gasteiger partial charge < -0.3 is 20.9 Å². The van der Waals surface area contributed by atoms with Crippen molar-refractivity contribution in [2.45, 2.75) is 12.5 Å². The summed E-state index contributed by atoms with van der Waals surface area (Å²) in [5, 5.41) is 10.9. The second kappa shape index (κ2) is 8.37. The molecule has 0 radical (unpaired) electrons. The number of anilines is 1. The zero-order valence-corrected chi connectivity index (χ0v) is 12.4. The van der Waals surface area contributed by atoms with E-state index in [1.165, 1.54) is 0 Å². The molecule has 124 valence electrons. The lowest BCUT2D eigenvalue weighted by Crippen LogP contribution is -2.52. The Kier molecular flexibility index (Phi) is 6.53. The third-order valence-electron chi connectivity index (χ3n) is 2.84. The molecule has 1 atom stereocenters. The van der Waals surface area contributed by atoms with Crippen molar-refractivity contribution in [1.29, 1.82) is 0 Å². The van der Waals surface area contributed by atoms with Gasteiger partial charge in [0.25, 0.3) is 5.91 Å². The third kappa shape index (κ3) is 5.65. The largest absolute Gasteiger partial charge is 0.481 e. The number of nitrogens with two attached hydrogens (primary N) is 1. The number of carbonyl (C=O) groups is 4. The molecule has 9 nitrogen and oxygen atoms in total. The standard InChI is InChI=1S/C14H17N3O6/c1-23-12(20)8-17(9-5-3-2-4-6-9)13(21)10(7-11(18)19)16-14(15)22/h2-6,10H,7-8H2,1H3,(H,18,19)(H3,15,16,22)/t10-/m0/s1. The number of hydrogen-bond donors (Lipinski definition) is 3. The van der Waals surface area contributed by atoms with E-state index in [0.717, 1.165) is 12.0 Å². The number of carboxylic acids is 1. The van der Waals surface area contributed by atoms with E-state index in [2.05, 4.69) is 10.1 Å². The van der Waals surface area contributed by atoms with Gasteiger partial charge in [0.2, 0.25) is 0 Å². The van der Waals surface area contributed by atoms with Crippen molar-refractivity contribution in [3.63, 3.8) is 0 Å². The average molecular weight is 323 g/mol. The number of para-hydroxylation sites is 1. The van der Waals surface area contributed by atoms with E-state index in [-0.39, 0.29) is 0 Å². The molecule has 0 fully saturated rings. The van der Waals surface area contributed by atoms with E-state index in [1.807, 2.05) is 0 Å². The lowest BCUT2D eigenvalue weighted by Gasteiger charge is -2.26. The Morgan fingerprint density at radius 3 is 2.35 bits per heavy atom. The quantitative estimate of drug-likeness (QED) is 0.589. The summed E-state index contributed by atoms with van der Waals surface area (Å²) in [7, 11) is 1.16. The van der Waals surface area contributed by atoms with Gasteiger partial charge in [0.15, 0.2) is 0 Å². The van der Waals surface area contributed by atoms with Crippen LogP contribution < -0.4 is 16.0 Å². The van der Waals surface area contributed by atoms with Gasteiger partial charge in [-0.3, -0.25) is 19.3 Å². The van der Waals surface area contributed by atoms with Crippen LogP contribution in [0, 0.1) is 0 Å². The number of urea groups is 1. The van der Waals surface area contributed by atoms with Crippen molar-refractivity contribution in [1.82, 2.24) is 5.32 Å². The number of methoxy groups -OCH3 is 1. The van der Waals surface area contributed by atoms with Crippen molar-refractivity contribution in [3.05, 3.63) is 30.3 Å². The maximum atomic E-state index is 12.6. The second-order valence-electron chi connectivity index (χ2n) is 4.50. The molecule has 1 aromatic rings. The number of amides is 3. The first-order chi connectivity index (χ1) is 10.8. The number of nitrogens with one attached hydrogen (secondary N) is 1. The number of nitrogens with zero attached hydrogens (tertiary/aromatic N) is 1. The normalized spacial score (nSPS) is 11.2. The minimum Gasteiger partial charge on any atom is -0.481 e. The van der Waals surface area contributed by atoms with Gasteiger partial charge in [-0.2, -0.15) is 0 Å². The maximum absolute atomic E-state index is 12.6. The van der Waals surface area contributed by atoms with Gasteiger partial charge in [-0.1, -0.05) is 18.2 Å². The molecule has 0 aromatic heterocycles.